The zero-order valence-corrected chi connectivity index (χ0v) is 8.81. The van der Waals surface area contributed by atoms with Crippen LogP contribution in [-0.4, -0.2) is 11.7 Å². The SMILES string of the molecule is OCC=Cc1cc(C(F)(F)F)cc(C(F)(F)F)c1. The van der Waals surface area contributed by atoms with Gasteiger partial charge in [-0.2, -0.15) is 26.3 Å². The zero-order chi connectivity index (χ0) is 14.0. The van der Waals surface area contributed by atoms with Crippen LogP contribution in [0, 0.1) is 0 Å². The third-order valence-electron chi connectivity index (χ3n) is 2.03. The Hall–Kier alpha value is -1.50. The third-order valence-corrected chi connectivity index (χ3v) is 2.03. The fourth-order valence-electron chi connectivity index (χ4n) is 1.26. The molecule has 0 radical (unpaired) electrons. The van der Waals surface area contributed by atoms with Crippen LogP contribution in [0.1, 0.15) is 16.7 Å². The van der Waals surface area contributed by atoms with E-state index >= 15 is 0 Å². The van der Waals surface area contributed by atoms with Gasteiger partial charge in [-0.05, 0) is 23.8 Å². The number of aliphatic hydroxyl groups excluding tert-OH is 1. The average Bonchev–Trinajstić information content (AvgIpc) is 2.23. The van der Waals surface area contributed by atoms with E-state index in [-0.39, 0.29) is 11.6 Å². The normalized spacial score (nSPS) is 13.3. The van der Waals surface area contributed by atoms with Crippen molar-refractivity contribution < 1.29 is 31.4 Å². The molecule has 0 spiro atoms. The summed E-state index contributed by atoms with van der Waals surface area (Å²) in [7, 11) is 0. The largest absolute Gasteiger partial charge is 0.416 e. The van der Waals surface area contributed by atoms with Gasteiger partial charge in [-0.3, -0.25) is 0 Å². The summed E-state index contributed by atoms with van der Waals surface area (Å²) in [6.07, 6.45) is -7.67. The molecule has 0 aliphatic carbocycles. The minimum Gasteiger partial charge on any atom is -0.392 e. The summed E-state index contributed by atoms with van der Waals surface area (Å²) in [6.45, 7) is -0.475. The molecule has 0 saturated heterocycles. The maximum Gasteiger partial charge on any atom is 0.416 e. The highest BCUT2D eigenvalue weighted by molar-refractivity contribution is 5.53. The van der Waals surface area contributed by atoms with E-state index in [1.165, 1.54) is 0 Å². The van der Waals surface area contributed by atoms with Crippen molar-refractivity contribution in [2.24, 2.45) is 0 Å². The maximum absolute atomic E-state index is 12.4. The van der Waals surface area contributed by atoms with Crippen LogP contribution in [-0.2, 0) is 12.4 Å². The number of alkyl halides is 6. The lowest BCUT2D eigenvalue weighted by molar-refractivity contribution is -0.143. The quantitative estimate of drug-likeness (QED) is 0.812. The van der Waals surface area contributed by atoms with E-state index in [0.717, 1.165) is 12.2 Å². The van der Waals surface area contributed by atoms with Crippen molar-refractivity contribution >= 4 is 6.08 Å². The Morgan fingerprint density at radius 2 is 1.33 bits per heavy atom. The fourth-order valence-corrected chi connectivity index (χ4v) is 1.26. The molecule has 1 aromatic rings. The van der Waals surface area contributed by atoms with Crippen LogP contribution < -0.4 is 0 Å². The van der Waals surface area contributed by atoms with E-state index in [4.69, 9.17) is 5.11 Å². The first-order valence-corrected chi connectivity index (χ1v) is 4.71. The zero-order valence-electron chi connectivity index (χ0n) is 8.81. The maximum atomic E-state index is 12.4. The molecule has 7 heteroatoms. The second-order valence-electron chi connectivity index (χ2n) is 3.42. The van der Waals surface area contributed by atoms with Crippen LogP contribution in [0.15, 0.2) is 24.3 Å². The minimum atomic E-state index is -4.86. The summed E-state index contributed by atoms with van der Waals surface area (Å²) in [5.41, 5.74) is -3.03. The van der Waals surface area contributed by atoms with Crippen molar-refractivity contribution in [3.8, 4) is 0 Å². The molecule has 0 unspecified atom stereocenters. The van der Waals surface area contributed by atoms with Gasteiger partial charge in [0.15, 0.2) is 0 Å². The molecule has 0 heterocycles. The van der Waals surface area contributed by atoms with Gasteiger partial charge in [-0.25, -0.2) is 0 Å². The van der Waals surface area contributed by atoms with Crippen LogP contribution >= 0.6 is 0 Å². The monoisotopic (exact) mass is 270 g/mol. The Morgan fingerprint density at radius 3 is 1.67 bits per heavy atom. The van der Waals surface area contributed by atoms with Crippen molar-refractivity contribution in [1.82, 2.24) is 0 Å². The summed E-state index contributed by atoms with van der Waals surface area (Å²) in [6, 6.07) is 1.22. The lowest BCUT2D eigenvalue weighted by atomic mass is 10.0. The first-order chi connectivity index (χ1) is 8.14. The van der Waals surface area contributed by atoms with Crippen molar-refractivity contribution in [3.05, 3.63) is 41.0 Å². The molecule has 1 aromatic carbocycles. The molecule has 0 saturated carbocycles. The highest BCUT2D eigenvalue weighted by atomic mass is 19.4. The topological polar surface area (TPSA) is 20.2 Å². The van der Waals surface area contributed by atoms with Gasteiger partial charge in [0.1, 0.15) is 0 Å². The van der Waals surface area contributed by atoms with Crippen LogP contribution in [0.4, 0.5) is 26.3 Å². The highest BCUT2D eigenvalue weighted by Gasteiger charge is 2.36. The predicted molar refractivity (Wildman–Crippen MR) is 52.6 cm³/mol. The van der Waals surface area contributed by atoms with E-state index in [2.05, 4.69) is 0 Å². The number of hydrogen-bond donors (Lipinski definition) is 1. The second kappa shape index (κ2) is 5.01. The Morgan fingerprint density at radius 1 is 0.889 bits per heavy atom. The predicted octanol–water partition coefficient (Wildman–Crippen LogP) is 3.73. The molecule has 0 amide bonds. The molecular weight excluding hydrogens is 262 g/mol. The molecule has 0 bridgehead atoms. The Kier molecular flexibility index (Phi) is 4.05. The molecule has 0 aliphatic rings. The Balaban J connectivity index is 3.34. The summed E-state index contributed by atoms with van der Waals surface area (Å²) < 4.78 is 74.5. The van der Waals surface area contributed by atoms with Crippen LogP contribution in [0.2, 0.25) is 0 Å². The first kappa shape index (κ1) is 14.6. The van der Waals surface area contributed by atoms with Gasteiger partial charge in [0.05, 0.1) is 17.7 Å². The van der Waals surface area contributed by atoms with Crippen LogP contribution in [0.3, 0.4) is 0 Å². The average molecular weight is 270 g/mol. The fraction of sp³-hybridized carbons (Fsp3) is 0.273. The minimum absolute atomic E-state index is 0.0519. The second-order valence-corrected chi connectivity index (χ2v) is 3.42. The summed E-state index contributed by atoms with van der Waals surface area (Å²) in [5, 5.41) is 8.45. The molecule has 0 fully saturated rings. The Labute approximate surface area is 98.4 Å². The number of hydrogen-bond acceptors (Lipinski definition) is 1. The van der Waals surface area contributed by atoms with Crippen LogP contribution in [0.5, 0.6) is 0 Å². The third kappa shape index (κ3) is 3.76. The Bertz CT molecular complexity index is 412. The summed E-state index contributed by atoms with van der Waals surface area (Å²) >= 11 is 0. The van der Waals surface area contributed by atoms with E-state index < -0.39 is 30.1 Å². The lowest BCUT2D eigenvalue weighted by Crippen LogP contribution is -2.11. The van der Waals surface area contributed by atoms with Crippen molar-refractivity contribution in [1.29, 1.82) is 0 Å². The molecule has 1 N–H and O–H groups in total. The van der Waals surface area contributed by atoms with Gasteiger partial charge in [-0.1, -0.05) is 12.2 Å². The summed E-state index contributed by atoms with van der Waals surface area (Å²) in [5.74, 6) is 0. The lowest BCUT2D eigenvalue weighted by Gasteiger charge is -2.12. The van der Waals surface area contributed by atoms with Gasteiger partial charge in [0.25, 0.3) is 0 Å². The van der Waals surface area contributed by atoms with E-state index in [0.29, 0.717) is 12.1 Å². The molecule has 100 valence electrons. The molecule has 0 atom stereocenters. The van der Waals surface area contributed by atoms with Gasteiger partial charge >= 0.3 is 12.4 Å². The van der Waals surface area contributed by atoms with Gasteiger partial charge in [0, 0.05) is 0 Å². The van der Waals surface area contributed by atoms with Gasteiger partial charge in [0.2, 0.25) is 0 Å². The number of rotatable bonds is 2. The van der Waals surface area contributed by atoms with E-state index in [9.17, 15) is 26.3 Å². The smallest absolute Gasteiger partial charge is 0.392 e. The molecule has 0 aliphatic heterocycles. The van der Waals surface area contributed by atoms with Crippen LogP contribution in [0.25, 0.3) is 6.08 Å². The number of benzene rings is 1. The van der Waals surface area contributed by atoms with Crippen molar-refractivity contribution in [2.45, 2.75) is 12.4 Å². The van der Waals surface area contributed by atoms with Gasteiger partial charge < -0.3 is 5.11 Å². The molecule has 1 rings (SSSR count). The van der Waals surface area contributed by atoms with E-state index in [1.54, 1.807) is 0 Å². The van der Waals surface area contributed by atoms with Crippen molar-refractivity contribution in [2.75, 3.05) is 6.61 Å². The first-order valence-electron chi connectivity index (χ1n) is 4.71. The molecule has 18 heavy (non-hydrogen) atoms. The number of aliphatic hydroxyl groups is 1. The number of halogens is 6. The highest BCUT2D eigenvalue weighted by Crippen LogP contribution is 2.36. The molecule has 0 aromatic heterocycles. The van der Waals surface area contributed by atoms with Crippen molar-refractivity contribution in [3.63, 3.8) is 0 Å². The molecule has 1 nitrogen and oxygen atoms in total. The molecular formula is C11H8F6O. The standard InChI is InChI=1S/C11H8F6O/c12-10(13,14)8-4-7(2-1-3-18)5-9(6-8)11(15,16)17/h1-2,4-6,18H,3H2. The van der Waals surface area contributed by atoms with E-state index in [1.807, 2.05) is 0 Å². The van der Waals surface area contributed by atoms with Gasteiger partial charge in [-0.15, -0.1) is 0 Å². The summed E-state index contributed by atoms with van der Waals surface area (Å²) in [4.78, 5) is 0.